The van der Waals surface area contributed by atoms with Gasteiger partial charge in [0, 0.05) is 35.8 Å². The zero-order chi connectivity index (χ0) is 12.2. The van der Waals surface area contributed by atoms with Gasteiger partial charge < -0.3 is 10.2 Å². The predicted octanol–water partition coefficient (Wildman–Crippen LogP) is 2.74. The molecule has 3 rings (SSSR count). The van der Waals surface area contributed by atoms with Gasteiger partial charge in [-0.05, 0) is 36.9 Å². The number of fused-ring (bicyclic) bond motifs is 1. The quantitative estimate of drug-likeness (QED) is 0.909. The Balaban J connectivity index is 1.53. The van der Waals surface area contributed by atoms with Crippen molar-refractivity contribution in [2.24, 2.45) is 0 Å². The van der Waals surface area contributed by atoms with Crippen LogP contribution in [0.25, 0.3) is 10.1 Å². The molecule has 2 aromatic rings. The molecule has 1 aromatic heterocycles. The second-order valence-corrected chi connectivity index (χ2v) is 6.11. The molecule has 1 aliphatic heterocycles. The monoisotopic (exact) mass is 260 g/mol. The van der Waals surface area contributed by atoms with Gasteiger partial charge in [0.15, 0.2) is 0 Å². The number of rotatable bonds is 4. The maximum Gasteiger partial charge on any atom is 0.0345 e. The molecule has 0 unspecified atom stereocenters. The topological polar surface area (TPSA) is 15.3 Å². The number of thiophene rings is 1. The Kier molecular flexibility index (Phi) is 3.93. The van der Waals surface area contributed by atoms with Crippen molar-refractivity contribution in [3.63, 3.8) is 0 Å². The van der Waals surface area contributed by atoms with Gasteiger partial charge in [-0.15, -0.1) is 11.3 Å². The van der Waals surface area contributed by atoms with Gasteiger partial charge in [-0.3, -0.25) is 0 Å². The molecule has 96 valence electrons. The summed E-state index contributed by atoms with van der Waals surface area (Å²) in [6.07, 6.45) is 2.51. The molecule has 2 heterocycles. The van der Waals surface area contributed by atoms with Gasteiger partial charge in [0.25, 0.3) is 0 Å². The summed E-state index contributed by atoms with van der Waals surface area (Å²) in [7, 11) is 0. The summed E-state index contributed by atoms with van der Waals surface area (Å²) >= 11 is 1.95. The molecule has 1 aromatic carbocycles. The largest absolute Gasteiger partial charge is 0.314 e. The maximum atomic E-state index is 3.40. The molecule has 0 atom stereocenters. The lowest BCUT2D eigenvalue weighted by atomic mass is 10.2. The number of nitrogens with one attached hydrogen (secondary N) is 1. The minimum Gasteiger partial charge on any atom is -0.314 e. The summed E-state index contributed by atoms with van der Waals surface area (Å²) in [5, 5.41) is 4.80. The summed E-state index contributed by atoms with van der Waals surface area (Å²) < 4.78 is 1.43. The highest BCUT2D eigenvalue weighted by molar-refractivity contribution is 7.19. The Labute approximate surface area is 113 Å². The Morgan fingerprint density at radius 2 is 2.00 bits per heavy atom. The van der Waals surface area contributed by atoms with Gasteiger partial charge in [0.2, 0.25) is 0 Å². The zero-order valence-corrected chi connectivity index (χ0v) is 11.5. The molecule has 0 spiro atoms. The van der Waals surface area contributed by atoms with E-state index in [1.54, 1.807) is 0 Å². The van der Waals surface area contributed by atoms with Crippen LogP contribution in [-0.2, 0) is 6.42 Å². The summed E-state index contributed by atoms with van der Waals surface area (Å²) in [5.41, 5.74) is 0. The fraction of sp³-hybridized carbons (Fsp3) is 0.467. The molecule has 0 bridgehead atoms. The number of benzene rings is 1. The molecule has 0 saturated carbocycles. The summed E-state index contributed by atoms with van der Waals surface area (Å²) in [5.74, 6) is 0. The lowest BCUT2D eigenvalue weighted by Crippen LogP contribution is -2.43. The van der Waals surface area contributed by atoms with Crippen LogP contribution in [0.5, 0.6) is 0 Å². The van der Waals surface area contributed by atoms with Crippen molar-refractivity contribution in [1.82, 2.24) is 10.2 Å². The molecule has 0 aliphatic carbocycles. The fourth-order valence-corrected chi connectivity index (χ4v) is 3.68. The first-order valence-electron chi connectivity index (χ1n) is 6.82. The van der Waals surface area contributed by atoms with Crippen molar-refractivity contribution in [1.29, 1.82) is 0 Å². The number of nitrogens with zero attached hydrogens (tertiary/aromatic N) is 1. The van der Waals surface area contributed by atoms with Crippen molar-refractivity contribution >= 4 is 21.4 Å². The molecule has 0 radical (unpaired) electrons. The van der Waals surface area contributed by atoms with E-state index in [4.69, 9.17) is 0 Å². The van der Waals surface area contributed by atoms with E-state index in [2.05, 4.69) is 40.5 Å². The van der Waals surface area contributed by atoms with E-state index in [0.29, 0.717) is 0 Å². The number of piperazine rings is 1. The van der Waals surface area contributed by atoms with Crippen molar-refractivity contribution in [3.8, 4) is 0 Å². The van der Waals surface area contributed by atoms with Crippen molar-refractivity contribution in [2.75, 3.05) is 32.7 Å². The third-order valence-electron chi connectivity index (χ3n) is 3.58. The maximum absolute atomic E-state index is 3.40. The minimum absolute atomic E-state index is 1.16. The van der Waals surface area contributed by atoms with E-state index in [0.717, 1.165) is 13.1 Å². The molecule has 3 heteroatoms. The van der Waals surface area contributed by atoms with Crippen LogP contribution >= 0.6 is 11.3 Å². The third-order valence-corrected chi connectivity index (χ3v) is 4.76. The molecule has 2 nitrogen and oxygen atoms in total. The zero-order valence-electron chi connectivity index (χ0n) is 10.7. The lowest BCUT2D eigenvalue weighted by molar-refractivity contribution is 0.239. The van der Waals surface area contributed by atoms with Crippen LogP contribution in [0.2, 0.25) is 0 Å². The molecule has 1 saturated heterocycles. The Bertz CT molecular complexity index is 467. The van der Waals surface area contributed by atoms with Gasteiger partial charge in [-0.2, -0.15) is 0 Å². The van der Waals surface area contributed by atoms with Crippen LogP contribution < -0.4 is 5.32 Å². The van der Waals surface area contributed by atoms with E-state index in [1.165, 1.54) is 47.4 Å². The number of aryl methyl sites for hydroxylation is 1. The van der Waals surface area contributed by atoms with E-state index in [-0.39, 0.29) is 0 Å². The first-order valence-corrected chi connectivity index (χ1v) is 7.64. The second-order valence-electron chi connectivity index (χ2n) is 4.95. The highest BCUT2D eigenvalue weighted by atomic mass is 32.1. The van der Waals surface area contributed by atoms with E-state index in [9.17, 15) is 0 Å². The fourth-order valence-electron chi connectivity index (χ4n) is 2.57. The minimum atomic E-state index is 1.16. The first-order chi connectivity index (χ1) is 8.92. The Morgan fingerprint density at radius 3 is 2.83 bits per heavy atom. The van der Waals surface area contributed by atoms with Crippen molar-refractivity contribution in [2.45, 2.75) is 12.8 Å². The standard InChI is InChI=1S/C15H20N2S/c1-2-6-15-13(4-1)12-14(18-15)5-3-9-17-10-7-16-8-11-17/h1-2,4,6,12,16H,3,5,7-11H2. The van der Waals surface area contributed by atoms with Crippen LogP contribution in [0.4, 0.5) is 0 Å². The summed E-state index contributed by atoms with van der Waals surface area (Å²) in [4.78, 5) is 4.11. The molecule has 1 N–H and O–H groups in total. The van der Waals surface area contributed by atoms with Crippen molar-refractivity contribution in [3.05, 3.63) is 35.2 Å². The van der Waals surface area contributed by atoms with E-state index < -0.39 is 0 Å². The van der Waals surface area contributed by atoms with Crippen LogP contribution in [-0.4, -0.2) is 37.6 Å². The SMILES string of the molecule is c1ccc2sc(CCCN3CCNCC3)cc2c1. The second kappa shape index (κ2) is 5.83. The molecule has 1 fully saturated rings. The van der Waals surface area contributed by atoms with Crippen molar-refractivity contribution < 1.29 is 0 Å². The highest BCUT2D eigenvalue weighted by Crippen LogP contribution is 2.26. The summed E-state index contributed by atoms with van der Waals surface area (Å²) in [6, 6.07) is 11.0. The molecular weight excluding hydrogens is 240 g/mol. The van der Waals surface area contributed by atoms with Gasteiger partial charge in [-0.25, -0.2) is 0 Å². The molecule has 1 aliphatic rings. The first kappa shape index (κ1) is 12.2. The molecule has 18 heavy (non-hydrogen) atoms. The van der Waals surface area contributed by atoms with Crippen LogP contribution in [0.1, 0.15) is 11.3 Å². The molecule has 0 amide bonds. The Hall–Kier alpha value is -0.900. The Morgan fingerprint density at radius 1 is 1.17 bits per heavy atom. The van der Waals surface area contributed by atoms with Gasteiger partial charge in [0.05, 0.1) is 0 Å². The smallest absolute Gasteiger partial charge is 0.0345 e. The number of hydrogen-bond donors (Lipinski definition) is 1. The number of hydrogen-bond acceptors (Lipinski definition) is 3. The average Bonchev–Trinajstić information content (AvgIpc) is 2.82. The van der Waals surface area contributed by atoms with Gasteiger partial charge in [0.1, 0.15) is 0 Å². The molecular formula is C15H20N2S. The average molecular weight is 260 g/mol. The van der Waals surface area contributed by atoms with E-state index >= 15 is 0 Å². The van der Waals surface area contributed by atoms with Crippen LogP contribution in [0, 0.1) is 0 Å². The lowest BCUT2D eigenvalue weighted by Gasteiger charge is -2.26. The van der Waals surface area contributed by atoms with E-state index in [1.807, 2.05) is 11.3 Å². The third kappa shape index (κ3) is 2.91. The van der Waals surface area contributed by atoms with Crippen LogP contribution in [0.3, 0.4) is 0 Å². The normalized spacial score (nSPS) is 17.3. The highest BCUT2D eigenvalue weighted by Gasteiger charge is 2.09. The van der Waals surface area contributed by atoms with Crippen LogP contribution in [0.15, 0.2) is 30.3 Å². The van der Waals surface area contributed by atoms with Gasteiger partial charge >= 0.3 is 0 Å². The summed E-state index contributed by atoms with van der Waals surface area (Å²) in [6.45, 7) is 5.99. The predicted molar refractivity (Wildman–Crippen MR) is 79.5 cm³/mol. The van der Waals surface area contributed by atoms with Gasteiger partial charge in [-0.1, -0.05) is 18.2 Å².